The molecule has 2 N–H and O–H groups in total. The third kappa shape index (κ3) is 7.52. The zero-order valence-corrected chi connectivity index (χ0v) is 18.0. The van der Waals surface area contributed by atoms with Crippen LogP contribution in [0, 0.1) is 12.8 Å². The Hall–Kier alpha value is -1.79. The summed E-state index contributed by atoms with van der Waals surface area (Å²) >= 11 is 0. The molecule has 2 fully saturated rings. The fourth-order valence-corrected chi connectivity index (χ4v) is 3.85. The molecule has 1 heterocycles. The van der Waals surface area contributed by atoms with E-state index < -0.39 is 0 Å². The molecule has 0 spiro atoms. The molecule has 1 atom stereocenters. The van der Waals surface area contributed by atoms with Gasteiger partial charge in [-0.3, -0.25) is 4.99 Å². The van der Waals surface area contributed by atoms with Gasteiger partial charge >= 0.3 is 0 Å². The van der Waals surface area contributed by atoms with Crippen LogP contribution in [0.25, 0.3) is 0 Å². The molecule has 0 bridgehead atoms. The van der Waals surface area contributed by atoms with Crippen LogP contribution in [0.1, 0.15) is 49.7 Å². The average molecular weight is 404 g/mol. The van der Waals surface area contributed by atoms with Crippen LogP contribution in [0.4, 0.5) is 0 Å². The normalized spacial score (nSPS) is 20.2. The third-order valence-electron chi connectivity index (χ3n) is 5.62. The summed E-state index contributed by atoms with van der Waals surface area (Å²) in [5.41, 5.74) is 2.40. The number of ether oxygens (including phenoxy) is 3. The van der Waals surface area contributed by atoms with Crippen molar-refractivity contribution in [3.05, 3.63) is 29.3 Å². The van der Waals surface area contributed by atoms with Crippen LogP contribution in [0.2, 0.25) is 0 Å². The maximum atomic E-state index is 6.30. The van der Waals surface area contributed by atoms with Crippen molar-refractivity contribution in [2.45, 2.75) is 58.1 Å². The van der Waals surface area contributed by atoms with Crippen LogP contribution < -0.4 is 15.4 Å². The Bertz CT molecular complexity index is 638. The zero-order valence-electron chi connectivity index (χ0n) is 18.0. The Morgan fingerprint density at radius 3 is 2.83 bits per heavy atom. The van der Waals surface area contributed by atoms with E-state index in [2.05, 4.69) is 40.7 Å². The van der Waals surface area contributed by atoms with E-state index >= 15 is 0 Å². The maximum absolute atomic E-state index is 6.30. The SMILES string of the molecule is CN=C(NCCCOCC1CCOC1)NCc1ccc(C)cc1OC1CCCC1. The fraction of sp³-hybridized carbons (Fsp3) is 0.696. The summed E-state index contributed by atoms with van der Waals surface area (Å²) in [6.07, 6.45) is 7.33. The Morgan fingerprint density at radius 2 is 2.07 bits per heavy atom. The lowest BCUT2D eigenvalue weighted by Crippen LogP contribution is -2.37. The van der Waals surface area contributed by atoms with Crippen LogP contribution >= 0.6 is 0 Å². The Labute approximate surface area is 175 Å². The van der Waals surface area contributed by atoms with Gasteiger partial charge in [-0.1, -0.05) is 12.1 Å². The number of aliphatic imine (C=N–C) groups is 1. The molecule has 1 aliphatic carbocycles. The van der Waals surface area contributed by atoms with Gasteiger partial charge in [0.1, 0.15) is 5.75 Å². The van der Waals surface area contributed by atoms with Gasteiger partial charge in [-0.25, -0.2) is 0 Å². The molecular weight excluding hydrogens is 366 g/mol. The minimum absolute atomic E-state index is 0.365. The summed E-state index contributed by atoms with van der Waals surface area (Å²) in [6.45, 7) is 6.94. The molecule has 0 amide bonds. The van der Waals surface area contributed by atoms with Crippen molar-refractivity contribution in [2.24, 2.45) is 10.9 Å². The summed E-state index contributed by atoms with van der Waals surface area (Å²) in [5, 5.41) is 6.77. The van der Waals surface area contributed by atoms with Gasteiger partial charge in [0.05, 0.1) is 19.3 Å². The number of benzene rings is 1. The number of guanidine groups is 1. The molecule has 6 nitrogen and oxygen atoms in total. The molecule has 3 rings (SSSR count). The largest absolute Gasteiger partial charge is 0.490 e. The van der Waals surface area contributed by atoms with Crippen molar-refractivity contribution in [1.82, 2.24) is 10.6 Å². The highest BCUT2D eigenvalue weighted by Crippen LogP contribution is 2.27. The van der Waals surface area contributed by atoms with E-state index in [1.807, 2.05) is 0 Å². The van der Waals surface area contributed by atoms with E-state index in [0.717, 1.165) is 57.5 Å². The zero-order chi connectivity index (χ0) is 20.3. The van der Waals surface area contributed by atoms with Crippen molar-refractivity contribution in [3.8, 4) is 5.75 Å². The van der Waals surface area contributed by atoms with E-state index in [1.165, 1.54) is 36.8 Å². The van der Waals surface area contributed by atoms with Crippen molar-refractivity contribution in [3.63, 3.8) is 0 Å². The minimum atomic E-state index is 0.365. The van der Waals surface area contributed by atoms with Gasteiger partial charge in [0, 0.05) is 44.8 Å². The van der Waals surface area contributed by atoms with E-state index in [-0.39, 0.29) is 0 Å². The monoisotopic (exact) mass is 403 g/mol. The van der Waals surface area contributed by atoms with E-state index in [4.69, 9.17) is 14.2 Å². The molecule has 1 saturated carbocycles. The lowest BCUT2D eigenvalue weighted by Gasteiger charge is -2.18. The summed E-state index contributed by atoms with van der Waals surface area (Å²) in [7, 11) is 1.80. The van der Waals surface area contributed by atoms with Crippen molar-refractivity contribution >= 4 is 5.96 Å². The molecule has 0 aromatic heterocycles. The first-order chi connectivity index (χ1) is 14.2. The predicted molar refractivity (Wildman–Crippen MR) is 117 cm³/mol. The number of aryl methyl sites for hydroxylation is 1. The summed E-state index contributed by atoms with van der Waals surface area (Å²) in [6, 6.07) is 6.44. The predicted octanol–water partition coefficient (Wildman–Crippen LogP) is 3.42. The standard InChI is InChI=1S/C23H37N3O3/c1-18-8-9-20(22(14-18)29-21-6-3-4-7-21)15-26-23(24-2)25-11-5-12-27-16-19-10-13-28-17-19/h8-9,14,19,21H,3-7,10-13,15-17H2,1-2H3,(H2,24,25,26). The highest BCUT2D eigenvalue weighted by Gasteiger charge is 2.18. The lowest BCUT2D eigenvalue weighted by atomic mass is 10.1. The first-order valence-corrected chi connectivity index (χ1v) is 11.1. The number of rotatable bonds is 10. The molecular formula is C23H37N3O3. The van der Waals surface area contributed by atoms with Gasteiger partial charge in [0.15, 0.2) is 5.96 Å². The third-order valence-corrected chi connectivity index (χ3v) is 5.62. The molecule has 1 unspecified atom stereocenters. The first-order valence-electron chi connectivity index (χ1n) is 11.1. The van der Waals surface area contributed by atoms with E-state index in [0.29, 0.717) is 18.6 Å². The summed E-state index contributed by atoms with van der Waals surface area (Å²) in [4.78, 5) is 4.33. The molecule has 0 radical (unpaired) electrons. The number of hydrogen-bond acceptors (Lipinski definition) is 4. The number of hydrogen-bond donors (Lipinski definition) is 2. The molecule has 2 aliphatic rings. The van der Waals surface area contributed by atoms with E-state index in [1.54, 1.807) is 7.05 Å². The van der Waals surface area contributed by atoms with Crippen LogP contribution in [0.15, 0.2) is 23.2 Å². The van der Waals surface area contributed by atoms with E-state index in [9.17, 15) is 0 Å². The van der Waals surface area contributed by atoms with Gasteiger partial charge in [-0.05, 0) is 57.1 Å². The van der Waals surface area contributed by atoms with Crippen LogP contribution in [-0.4, -0.2) is 52.1 Å². The Kier molecular flexibility index (Phi) is 9.09. The van der Waals surface area contributed by atoms with Gasteiger partial charge < -0.3 is 24.8 Å². The molecule has 1 aromatic rings. The smallest absolute Gasteiger partial charge is 0.191 e. The van der Waals surface area contributed by atoms with Crippen molar-refractivity contribution < 1.29 is 14.2 Å². The fourth-order valence-electron chi connectivity index (χ4n) is 3.85. The Balaban J connectivity index is 1.37. The van der Waals surface area contributed by atoms with Crippen LogP contribution in [0.3, 0.4) is 0 Å². The molecule has 162 valence electrons. The molecule has 1 aromatic carbocycles. The minimum Gasteiger partial charge on any atom is -0.490 e. The lowest BCUT2D eigenvalue weighted by molar-refractivity contribution is 0.0888. The average Bonchev–Trinajstić information content (AvgIpc) is 3.42. The summed E-state index contributed by atoms with van der Waals surface area (Å²) < 4.78 is 17.4. The van der Waals surface area contributed by atoms with Crippen LogP contribution in [0.5, 0.6) is 5.75 Å². The molecule has 1 saturated heterocycles. The van der Waals surface area contributed by atoms with Gasteiger partial charge in [0.25, 0.3) is 0 Å². The molecule has 6 heteroatoms. The first kappa shape index (κ1) is 21.9. The molecule has 1 aliphatic heterocycles. The second kappa shape index (κ2) is 12.0. The highest BCUT2D eigenvalue weighted by atomic mass is 16.5. The second-order valence-corrected chi connectivity index (χ2v) is 8.15. The summed E-state index contributed by atoms with van der Waals surface area (Å²) in [5.74, 6) is 2.39. The molecule has 29 heavy (non-hydrogen) atoms. The number of nitrogens with one attached hydrogen (secondary N) is 2. The van der Waals surface area contributed by atoms with Gasteiger partial charge in [-0.2, -0.15) is 0 Å². The maximum Gasteiger partial charge on any atom is 0.191 e. The number of nitrogens with zero attached hydrogens (tertiary/aromatic N) is 1. The van der Waals surface area contributed by atoms with Gasteiger partial charge in [0.2, 0.25) is 0 Å². The second-order valence-electron chi connectivity index (χ2n) is 8.15. The van der Waals surface area contributed by atoms with Crippen molar-refractivity contribution in [2.75, 3.05) is 40.0 Å². The van der Waals surface area contributed by atoms with Crippen LogP contribution in [-0.2, 0) is 16.0 Å². The topological polar surface area (TPSA) is 64.1 Å². The highest BCUT2D eigenvalue weighted by molar-refractivity contribution is 5.79. The van der Waals surface area contributed by atoms with Crippen molar-refractivity contribution in [1.29, 1.82) is 0 Å². The Morgan fingerprint density at radius 1 is 1.21 bits per heavy atom. The van der Waals surface area contributed by atoms with Gasteiger partial charge in [-0.15, -0.1) is 0 Å². The quantitative estimate of drug-likeness (QED) is 0.356.